The van der Waals surface area contributed by atoms with Gasteiger partial charge in [-0.25, -0.2) is 4.79 Å². The van der Waals surface area contributed by atoms with E-state index < -0.39 is 6.03 Å². The van der Waals surface area contributed by atoms with Gasteiger partial charge in [0.05, 0.1) is 13.1 Å². The summed E-state index contributed by atoms with van der Waals surface area (Å²) in [6.07, 6.45) is 0. The maximum atomic E-state index is 12.6. The number of benzene rings is 2. The van der Waals surface area contributed by atoms with Gasteiger partial charge in [0.15, 0.2) is 0 Å². The molecule has 1 heterocycles. The van der Waals surface area contributed by atoms with Crippen molar-refractivity contribution in [2.75, 3.05) is 31.6 Å². The molecule has 0 bridgehead atoms. The van der Waals surface area contributed by atoms with Gasteiger partial charge >= 0.3 is 6.03 Å². The third kappa shape index (κ3) is 4.44. The highest BCUT2D eigenvalue weighted by atomic mass is 16.2. The van der Waals surface area contributed by atoms with Gasteiger partial charge in [-0.1, -0.05) is 36.4 Å². The van der Waals surface area contributed by atoms with E-state index in [4.69, 9.17) is 0 Å². The Bertz CT molecular complexity index is 822. The molecule has 2 aromatic carbocycles. The minimum Gasteiger partial charge on any atom is -0.373 e. The normalized spacial score (nSPS) is 13.4. The van der Waals surface area contributed by atoms with Crippen molar-refractivity contribution in [3.8, 4) is 0 Å². The summed E-state index contributed by atoms with van der Waals surface area (Å²) in [6, 6.07) is 16.5. The quantitative estimate of drug-likeness (QED) is 0.730. The maximum Gasteiger partial charge on any atom is 0.324 e. The van der Waals surface area contributed by atoms with Gasteiger partial charge < -0.3 is 15.5 Å². The topological polar surface area (TPSA) is 81.8 Å². The Morgan fingerprint density at radius 2 is 1.81 bits per heavy atom. The van der Waals surface area contributed by atoms with Crippen molar-refractivity contribution in [2.24, 2.45) is 0 Å². The van der Waals surface area contributed by atoms with Crippen molar-refractivity contribution in [2.45, 2.75) is 6.54 Å². The van der Waals surface area contributed by atoms with Gasteiger partial charge in [0.25, 0.3) is 5.91 Å². The van der Waals surface area contributed by atoms with Gasteiger partial charge in [-0.15, -0.1) is 0 Å². The molecule has 0 saturated carbocycles. The molecule has 140 valence electrons. The summed E-state index contributed by atoms with van der Waals surface area (Å²) < 4.78 is 0. The van der Waals surface area contributed by atoms with E-state index in [0.29, 0.717) is 24.2 Å². The number of carbonyl (C=O) groups excluding carboxylic acids is 3. The summed E-state index contributed by atoms with van der Waals surface area (Å²) in [5.74, 6) is -0.515. The molecule has 0 aromatic heterocycles. The van der Waals surface area contributed by atoms with Crippen LogP contribution in [0.15, 0.2) is 54.6 Å². The highest BCUT2D eigenvalue weighted by Gasteiger charge is 2.29. The third-order valence-corrected chi connectivity index (χ3v) is 4.46. The van der Waals surface area contributed by atoms with E-state index in [1.54, 1.807) is 24.3 Å². The Kier molecular flexibility index (Phi) is 5.71. The fraction of sp³-hybridized carbons (Fsp3) is 0.250. The molecule has 0 unspecified atom stereocenters. The summed E-state index contributed by atoms with van der Waals surface area (Å²) in [5, 5.41) is 5.38. The second-order valence-electron chi connectivity index (χ2n) is 6.31. The number of hydrogen-bond acceptors (Lipinski definition) is 4. The molecule has 1 saturated heterocycles. The molecule has 2 N–H and O–H groups in total. The van der Waals surface area contributed by atoms with Gasteiger partial charge in [-0.3, -0.25) is 14.5 Å². The van der Waals surface area contributed by atoms with Crippen LogP contribution in [0.4, 0.5) is 10.5 Å². The standard InChI is InChI=1S/C20H22N4O3/c1-23(16-8-3-2-4-9-16)12-11-21-19(26)17-10-6-5-7-15(17)14-24-18(25)13-22-20(24)27/h2-10H,11-14H2,1H3,(H,21,26)(H,22,27). The third-order valence-electron chi connectivity index (χ3n) is 4.46. The molecular weight excluding hydrogens is 344 g/mol. The largest absolute Gasteiger partial charge is 0.373 e. The lowest BCUT2D eigenvalue weighted by molar-refractivity contribution is -0.125. The predicted molar refractivity (Wildman–Crippen MR) is 102 cm³/mol. The Morgan fingerprint density at radius 3 is 2.52 bits per heavy atom. The second-order valence-corrected chi connectivity index (χ2v) is 6.31. The van der Waals surface area contributed by atoms with Gasteiger partial charge in [0.1, 0.15) is 0 Å². The van der Waals surface area contributed by atoms with E-state index in [2.05, 4.69) is 15.5 Å². The van der Waals surface area contributed by atoms with Gasteiger partial charge in [-0.2, -0.15) is 0 Å². The van der Waals surface area contributed by atoms with Gasteiger partial charge in [-0.05, 0) is 23.8 Å². The molecule has 1 fully saturated rings. The van der Waals surface area contributed by atoms with Crippen LogP contribution >= 0.6 is 0 Å². The summed E-state index contributed by atoms with van der Waals surface area (Å²) in [6.45, 7) is 1.21. The van der Waals surface area contributed by atoms with Gasteiger partial charge in [0, 0.05) is 31.4 Å². The van der Waals surface area contributed by atoms with Crippen LogP contribution in [0.1, 0.15) is 15.9 Å². The van der Waals surface area contributed by atoms with E-state index in [9.17, 15) is 14.4 Å². The van der Waals surface area contributed by atoms with Crippen LogP contribution < -0.4 is 15.5 Å². The van der Waals surface area contributed by atoms with E-state index in [1.807, 2.05) is 37.4 Å². The van der Waals surface area contributed by atoms with Crippen molar-refractivity contribution < 1.29 is 14.4 Å². The highest BCUT2D eigenvalue weighted by molar-refractivity contribution is 6.02. The number of hydrogen-bond donors (Lipinski definition) is 2. The lowest BCUT2D eigenvalue weighted by Crippen LogP contribution is -2.34. The number of nitrogens with zero attached hydrogens (tertiary/aromatic N) is 2. The van der Waals surface area contributed by atoms with Gasteiger partial charge in [0.2, 0.25) is 5.91 Å². The minimum atomic E-state index is -0.431. The fourth-order valence-corrected chi connectivity index (χ4v) is 2.91. The molecule has 0 spiro atoms. The van der Waals surface area contributed by atoms with Crippen LogP contribution in [0.5, 0.6) is 0 Å². The molecular formula is C20H22N4O3. The average Bonchev–Trinajstić information content (AvgIpc) is 3.01. The molecule has 3 rings (SSSR count). The first-order chi connectivity index (χ1) is 13.1. The first-order valence-corrected chi connectivity index (χ1v) is 8.77. The monoisotopic (exact) mass is 366 g/mol. The average molecular weight is 366 g/mol. The van der Waals surface area contributed by atoms with Crippen molar-refractivity contribution in [1.29, 1.82) is 0 Å². The number of para-hydroxylation sites is 1. The lowest BCUT2D eigenvalue weighted by atomic mass is 10.1. The molecule has 1 aliphatic heterocycles. The molecule has 27 heavy (non-hydrogen) atoms. The van der Waals surface area contributed by atoms with E-state index >= 15 is 0 Å². The van der Waals surface area contributed by atoms with Crippen LogP contribution in [0, 0.1) is 0 Å². The SMILES string of the molecule is CN(CCNC(=O)c1ccccc1CN1C(=O)CNC1=O)c1ccccc1. The van der Waals surface area contributed by atoms with E-state index in [0.717, 1.165) is 10.6 Å². The van der Waals surface area contributed by atoms with Crippen molar-refractivity contribution in [1.82, 2.24) is 15.5 Å². The first-order valence-electron chi connectivity index (χ1n) is 8.77. The minimum absolute atomic E-state index is 0.000975. The molecule has 0 atom stereocenters. The Morgan fingerprint density at radius 1 is 1.11 bits per heavy atom. The molecule has 0 radical (unpaired) electrons. The molecule has 4 amide bonds. The molecule has 7 heteroatoms. The second kappa shape index (κ2) is 8.35. The highest BCUT2D eigenvalue weighted by Crippen LogP contribution is 2.14. The number of anilines is 1. The van der Waals surface area contributed by atoms with Crippen molar-refractivity contribution in [3.05, 3.63) is 65.7 Å². The van der Waals surface area contributed by atoms with Crippen molar-refractivity contribution >= 4 is 23.5 Å². The number of imide groups is 1. The zero-order valence-electron chi connectivity index (χ0n) is 15.1. The van der Waals surface area contributed by atoms with E-state index in [-0.39, 0.29) is 24.9 Å². The Hall–Kier alpha value is -3.35. The zero-order chi connectivity index (χ0) is 19.2. The Balaban J connectivity index is 1.60. The predicted octanol–water partition coefficient (Wildman–Crippen LogP) is 1.60. The van der Waals surface area contributed by atoms with Crippen LogP contribution in [0.3, 0.4) is 0 Å². The number of amides is 4. The Labute approximate surface area is 158 Å². The number of carbonyl (C=O) groups is 3. The number of rotatable bonds is 7. The molecule has 7 nitrogen and oxygen atoms in total. The molecule has 2 aromatic rings. The summed E-state index contributed by atoms with van der Waals surface area (Å²) in [5.41, 5.74) is 2.18. The number of urea groups is 1. The number of likely N-dealkylation sites (N-methyl/N-ethyl adjacent to an activating group) is 1. The summed E-state index contributed by atoms with van der Waals surface area (Å²) in [4.78, 5) is 39.3. The molecule has 0 aliphatic carbocycles. The summed E-state index contributed by atoms with van der Waals surface area (Å²) in [7, 11) is 1.97. The van der Waals surface area contributed by atoms with Crippen LogP contribution in [-0.2, 0) is 11.3 Å². The van der Waals surface area contributed by atoms with Crippen LogP contribution in [-0.4, -0.2) is 49.4 Å². The fourth-order valence-electron chi connectivity index (χ4n) is 2.91. The smallest absolute Gasteiger partial charge is 0.324 e. The summed E-state index contributed by atoms with van der Waals surface area (Å²) >= 11 is 0. The van der Waals surface area contributed by atoms with Crippen LogP contribution in [0.25, 0.3) is 0 Å². The van der Waals surface area contributed by atoms with E-state index in [1.165, 1.54) is 0 Å². The maximum absolute atomic E-state index is 12.6. The lowest BCUT2D eigenvalue weighted by Gasteiger charge is -2.20. The first kappa shape index (κ1) is 18.4. The molecule has 1 aliphatic rings. The van der Waals surface area contributed by atoms with Crippen LogP contribution in [0.2, 0.25) is 0 Å². The zero-order valence-corrected chi connectivity index (χ0v) is 15.1. The number of nitrogens with one attached hydrogen (secondary N) is 2. The van der Waals surface area contributed by atoms with Crippen molar-refractivity contribution in [3.63, 3.8) is 0 Å².